The first-order valence-electron chi connectivity index (χ1n) is 12.5. The Balaban J connectivity index is 1.32. The Labute approximate surface area is 216 Å². The molecule has 0 radical (unpaired) electrons. The molecule has 4 bridgehead atoms. The minimum Gasteiger partial charge on any atom is -0.369 e. The third-order valence-electron chi connectivity index (χ3n) is 8.75. The van der Waals surface area contributed by atoms with Crippen molar-refractivity contribution in [2.75, 3.05) is 23.9 Å². The molecule has 35 heavy (non-hydrogen) atoms. The van der Waals surface area contributed by atoms with Crippen LogP contribution in [0.3, 0.4) is 0 Å². The quantitative estimate of drug-likeness (QED) is 0.570. The summed E-state index contributed by atoms with van der Waals surface area (Å²) in [6, 6.07) is 3.82. The van der Waals surface area contributed by atoms with Gasteiger partial charge in [-0.25, -0.2) is 0 Å². The molecule has 4 aliphatic carbocycles. The lowest BCUT2D eigenvalue weighted by atomic mass is 9.47. The van der Waals surface area contributed by atoms with Gasteiger partial charge in [0.15, 0.2) is 0 Å². The summed E-state index contributed by atoms with van der Waals surface area (Å²) < 4.78 is 31.0. The molecule has 3 N–H and O–H groups in total. The van der Waals surface area contributed by atoms with Crippen LogP contribution in [0.1, 0.15) is 50.2 Å². The van der Waals surface area contributed by atoms with E-state index in [1.165, 1.54) is 8.61 Å². The van der Waals surface area contributed by atoms with E-state index in [0.717, 1.165) is 47.7 Å². The first-order chi connectivity index (χ1) is 16.4. The lowest BCUT2D eigenvalue weighted by molar-refractivity contribution is -0.147. The third-order valence-corrected chi connectivity index (χ3v) is 11.0. The van der Waals surface area contributed by atoms with Crippen LogP contribution in [0.15, 0.2) is 16.6 Å². The van der Waals surface area contributed by atoms with Gasteiger partial charge in [0.05, 0.1) is 12.2 Å². The monoisotopic (exact) mass is 566 g/mol. The summed E-state index contributed by atoms with van der Waals surface area (Å²) in [5.74, 6) is 0.581. The van der Waals surface area contributed by atoms with E-state index in [1.54, 1.807) is 0 Å². The van der Waals surface area contributed by atoms with E-state index in [1.807, 2.05) is 32.9 Å². The van der Waals surface area contributed by atoms with Gasteiger partial charge in [0.1, 0.15) is 0 Å². The van der Waals surface area contributed by atoms with E-state index in [4.69, 9.17) is 5.73 Å². The zero-order chi connectivity index (χ0) is 25.3. The van der Waals surface area contributed by atoms with Crippen molar-refractivity contribution in [3.63, 3.8) is 0 Å². The number of hydrogen-bond acceptors (Lipinski definition) is 4. The maximum atomic E-state index is 13.6. The molecule has 4 saturated carbocycles. The number of aryl methyl sites for hydroxylation is 2. The molecule has 0 spiro atoms. The standard InChI is InChI=1S/C25H35BrN4O4S/c1-14-11-29(35(33,34)30(12-14)23-15(2)4-20(26)5-16(23)3)13-21(31)28-22-18-6-17-7-19(22)10-25(8-17,9-18)24(27)32/h4-5,14,17-19,22H,6-13H2,1-3H3,(H2,27,32)(H,28,31). The summed E-state index contributed by atoms with van der Waals surface area (Å²) in [7, 11) is -3.86. The summed E-state index contributed by atoms with van der Waals surface area (Å²) in [5, 5.41) is 3.18. The Bertz CT molecular complexity index is 1130. The topological polar surface area (TPSA) is 113 Å². The number of carbonyl (C=O) groups excluding carboxylic acids is 2. The predicted molar refractivity (Wildman–Crippen MR) is 138 cm³/mol. The molecule has 1 aromatic rings. The van der Waals surface area contributed by atoms with Crippen molar-refractivity contribution in [2.24, 2.45) is 34.8 Å². The number of nitrogens with two attached hydrogens (primary N) is 1. The van der Waals surface area contributed by atoms with Crippen LogP contribution in [0.4, 0.5) is 5.69 Å². The number of nitrogens with one attached hydrogen (secondary N) is 1. The van der Waals surface area contributed by atoms with Gasteiger partial charge < -0.3 is 11.1 Å². The number of hydrogen-bond donors (Lipinski definition) is 2. The molecule has 10 heteroatoms. The number of amides is 2. The highest BCUT2D eigenvalue weighted by atomic mass is 79.9. The molecular formula is C25H35BrN4O4S. The van der Waals surface area contributed by atoms with Gasteiger partial charge >= 0.3 is 10.2 Å². The molecule has 1 aliphatic heterocycles. The van der Waals surface area contributed by atoms with Gasteiger partial charge in [-0.15, -0.1) is 0 Å². The number of anilines is 1. The zero-order valence-corrected chi connectivity index (χ0v) is 23.0. The largest absolute Gasteiger partial charge is 0.369 e. The van der Waals surface area contributed by atoms with Gasteiger partial charge in [-0.05, 0) is 92.9 Å². The summed E-state index contributed by atoms with van der Waals surface area (Å²) >= 11 is 3.48. The molecule has 1 aromatic carbocycles. The molecule has 8 nitrogen and oxygen atoms in total. The van der Waals surface area contributed by atoms with Crippen molar-refractivity contribution in [3.05, 3.63) is 27.7 Å². The fourth-order valence-corrected chi connectivity index (χ4v) is 10.3. The highest BCUT2D eigenvalue weighted by Gasteiger charge is 2.58. The minimum atomic E-state index is -3.86. The highest BCUT2D eigenvalue weighted by molar-refractivity contribution is 9.10. The number of rotatable bonds is 5. The van der Waals surface area contributed by atoms with Gasteiger partial charge in [0.25, 0.3) is 0 Å². The van der Waals surface area contributed by atoms with Crippen LogP contribution in [0.25, 0.3) is 0 Å². The number of carbonyl (C=O) groups is 2. The second-order valence-electron chi connectivity index (χ2n) is 11.5. The van der Waals surface area contributed by atoms with Gasteiger partial charge in [-0.1, -0.05) is 22.9 Å². The average molecular weight is 568 g/mol. The average Bonchev–Trinajstić information content (AvgIpc) is 2.73. The normalized spacial score (nSPS) is 35.8. The molecule has 5 aliphatic rings. The molecular weight excluding hydrogens is 532 g/mol. The van der Waals surface area contributed by atoms with Crippen molar-refractivity contribution in [1.82, 2.24) is 9.62 Å². The summed E-state index contributed by atoms with van der Waals surface area (Å²) in [4.78, 5) is 25.4. The van der Waals surface area contributed by atoms with Crippen LogP contribution in [0.2, 0.25) is 0 Å². The fraction of sp³-hybridized carbons (Fsp3) is 0.680. The molecule has 1 saturated heterocycles. The van der Waals surface area contributed by atoms with Gasteiger partial charge in [-0.2, -0.15) is 12.7 Å². The summed E-state index contributed by atoms with van der Waals surface area (Å²) in [6.45, 7) is 6.32. The number of primary amides is 1. The second kappa shape index (κ2) is 8.73. The lowest BCUT2D eigenvalue weighted by Gasteiger charge is -2.58. The smallest absolute Gasteiger partial charge is 0.304 e. The van der Waals surface area contributed by atoms with Crippen molar-refractivity contribution in [1.29, 1.82) is 0 Å². The van der Waals surface area contributed by atoms with E-state index in [2.05, 4.69) is 21.2 Å². The molecule has 2 amide bonds. The number of halogens is 1. The van der Waals surface area contributed by atoms with Crippen molar-refractivity contribution < 1.29 is 18.0 Å². The van der Waals surface area contributed by atoms with Crippen molar-refractivity contribution in [3.8, 4) is 0 Å². The van der Waals surface area contributed by atoms with E-state index in [0.29, 0.717) is 24.7 Å². The Hall–Kier alpha value is -1.65. The second-order valence-corrected chi connectivity index (χ2v) is 14.3. The first kappa shape index (κ1) is 25.0. The maximum Gasteiger partial charge on any atom is 0.304 e. The Morgan fingerprint density at radius 2 is 1.71 bits per heavy atom. The van der Waals surface area contributed by atoms with Crippen LogP contribution >= 0.6 is 15.9 Å². The van der Waals surface area contributed by atoms with E-state index < -0.39 is 15.6 Å². The zero-order valence-electron chi connectivity index (χ0n) is 20.6. The van der Waals surface area contributed by atoms with Gasteiger partial charge in [-0.3, -0.25) is 13.9 Å². The summed E-state index contributed by atoms with van der Waals surface area (Å²) in [6.07, 6.45) is 4.35. The highest BCUT2D eigenvalue weighted by Crippen LogP contribution is 2.59. The molecule has 5 fully saturated rings. The third kappa shape index (κ3) is 4.29. The van der Waals surface area contributed by atoms with Crippen LogP contribution in [0.5, 0.6) is 0 Å². The lowest BCUT2D eigenvalue weighted by Crippen LogP contribution is -2.63. The molecule has 3 unspecified atom stereocenters. The van der Waals surface area contributed by atoms with Crippen molar-refractivity contribution >= 4 is 43.6 Å². The number of benzene rings is 1. The molecule has 1 heterocycles. The summed E-state index contributed by atoms with van der Waals surface area (Å²) in [5.41, 5.74) is 7.80. The maximum absolute atomic E-state index is 13.6. The Kier molecular flexibility index (Phi) is 6.24. The number of nitrogens with zero attached hydrogens (tertiary/aromatic N) is 2. The van der Waals surface area contributed by atoms with E-state index >= 15 is 0 Å². The van der Waals surface area contributed by atoms with Crippen molar-refractivity contribution in [2.45, 2.75) is 58.9 Å². The van der Waals surface area contributed by atoms with E-state index in [9.17, 15) is 18.0 Å². The molecule has 3 atom stereocenters. The van der Waals surface area contributed by atoms with E-state index in [-0.39, 0.29) is 42.2 Å². The van der Waals surface area contributed by atoms with Crippen LogP contribution in [-0.2, 0) is 19.8 Å². The van der Waals surface area contributed by atoms with Crippen LogP contribution in [0, 0.1) is 42.9 Å². The minimum absolute atomic E-state index is 0.0106. The molecule has 192 valence electrons. The van der Waals surface area contributed by atoms with Crippen LogP contribution < -0.4 is 15.4 Å². The predicted octanol–water partition coefficient (Wildman–Crippen LogP) is 2.87. The van der Waals surface area contributed by atoms with Gasteiger partial charge in [0.2, 0.25) is 11.8 Å². The van der Waals surface area contributed by atoms with Crippen LogP contribution in [-0.4, -0.2) is 50.2 Å². The molecule has 6 rings (SSSR count). The first-order valence-corrected chi connectivity index (χ1v) is 14.7. The SMILES string of the molecule is Cc1cc(Br)cc(C)c1N1CC(C)CN(CC(=O)NC2C3CC4CC2CC(C(N)=O)(C4)C3)S1(=O)=O. The molecule has 0 aromatic heterocycles. The van der Waals surface area contributed by atoms with Gasteiger partial charge in [0, 0.05) is 29.0 Å². The Morgan fingerprint density at radius 1 is 1.11 bits per heavy atom. The Morgan fingerprint density at radius 3 is 2.29 bits per heavy atom. The fourth-order valence-electron chi connectivity index (χ4n) is 7.62.